The molecule has 4 heteroatoms. The molecule has 1 aromatic carbocycles. The molecule has 1 rings (SSSR count). The molecule has 16 heavy (non-hydrogen) atoms. The Morgan fingerprint density at radius 1 is 1.44 bits per heavy atom. The summed E-state index contributed by atoms with van der Waals surface area (Å²) in [6.45, 7) is 3.82. The molecule has 1 amide bonds. The summed E-state index contributed by atoms with van der Waals surface area (Å²) in [6.07, 6.45) is 0. The molecule has 3 nitrogen and oxygen atoms in total. The van der Waals surface area contributed by atoms with Gasteiger partial charge >= 0.3 is 0 Å². The minimum Gasteiger partial charge on any atom is -0.496 e. The summed E-state index contributed by atoms with van der Waals surface area (Å²) in [4.78, 5) is 11.3. The van der Waals surface area contributed by atoms with E-state index >= 15 is 0 Å². The van der Waals surface area contributed by atoms with Crippen LogP contribution in [0.15, 0.2) is 24.3 Å². The van der Waals surface area contributed by atoms with Crippen molar-refractivity contribution in [3.05, 3.63) is 29.8 Å². The first-order valence-corrected chi connectivity index (χ1v) is 5.55. The van der Waals surface area contributed by atoms with Crippen molar-refractivity contribution in [3.8, 4) is 5.75 Å². The smallest absolute Gasteiger partial charge is 0.235 e. The Morgan fingerprint density at radius 2 is 2.06 bits per heavy atom. The first kappa shape index (κ1) is 12.8. The molecule has 0 saturated carbocycles. The molecule has 0 atom stereocenters. The van der Waals surface area contributed by atoms with E-state index < -0.39 is 5.54 Å². The Kier molecular flexibility index (Phi) is 4.19. The molecular weight excluding hydrogens is 226 g/mol. The maximum atomic E-state index is 11.3. The number of hydrogen-bond acceptors (Lipinski definition) is 2. The van der Waals surface area contributed by atoms with Crippen LogP contribution in [0, 0.1) is 0 Å². The van der Waals surface area contributed by atoms with Crippen molar-refractivity contribution in [1.82, 2.24) is 5.32 Å². The Balaban J connectivity index is 3.01. The van der Waals surface area contributed by atoms with Crippen LogP contribution in [-0.4, -0.2) is 18.9 Å². The van der Waals surface area contributed by atoms with Crippen LogP contribution >= 0.6 is 11.6 Å². The number of rotatable bonds is 4. The third kappa shape index (κ3) is 2.89. The number of ether oxygens (including phenoxy) is 1. The van der Waals surface area contributed by atoms with Crippen molar-refractivity contribution in [2.24, 2.45) is 0 Å². The van der Waals surface area contributed by atoms with Crippen LogP contribution in [0.25, 0.3) is 0 Å². The van der Waals surface area contributed by atoms with Crippen LogP contribution in [0.4, 0.5) is 0 Å². The standard InChI is InChI=1S/C12H16ClNO2/c1-12(2,14-11(15)8-13)9-6-4-5-7-10(9)16-3/h4-7H,8H2,1-3H3,(H,14,15). The van der Waals surface area contributed by atoms with Gasteiger partial charge in [0.05, 0.1) is 12.6 Å². The molecule has 0 spiro atoms. The van der Waals surface area contributed by atoms with Gasteiger partial charge in [-0.05, 0) is 19.9 Å². The first-order valence-electron chi connectivity index (χ1n) is 5.01. The largest absolute Gasteiger partial charge is 0.496 e. The average molecular weight is 242 g/mol. The predicted octanol–water partition coefficient (Wildman–Crippen LogP) is 2.29. The maximum Gasteiger partial charge on any atom is 0.235 e. The van der Waals surface area contributed by atoms with Gasteiger partial charge in [-0.2, -0.15) is 0 Å². The van der Waals surface area contributed by atoms with Gasteiger partial charge in [-0.15, -0.1) is 11.6 Å². The minimum atomic E-state index is -0.501. The number of hydrogen-bond donors (Lipinski definition) is 1. The van der Waals surface area contributed by atoms with E-state index in [1.807, 2.05) is 38.1 Å². The second kappa shape index (κ2) is 5.21. The van der Waals surface area contributed by atoms with Crippen LogP contribution in [0.1, 0.15) is 19.4 Å². The molecule has 1 N–H and O–H groups in total. The Bertz CT molecular complexity index is 377. The number of methoxy groups -OCH3 is 1. The number of halogens is 1. The van der Waals surface area contributed by atoms with Gasteiger partial charge in [0.2, 0.25) is 5.91 Å². The van der Waals surface area contributed by atoms with Crippen molar-refractivity contribution in [3.63, 3.8) is 0 Å². The molecule has 0 fully saturated rings. The van der Waals surface area contributed by atoms with E-state index in [2.05, 4.69) is 5.32 Å². The molecular formula is C12H16ClNO2. The lowest BCUT2D eigenvalue weighted by molar-refractivity contribution is -0.120. The fourth-order valence-corrected chi connectivity index (χ4v) is 1.68. The van der Waals surface area contributed by atoms with Crippen LogP contribution in [-0.2, 0) is 10.3 Å². The van der Waals surface area contributed by atoms with Gasteiger partial charge in [-0.1, -0.05) is 18.2 Å². The summed E-state index contributed by atoms with van der Waals surface area (Å²) in [5.74, 6) is 0.512. The van der Waals surface area contributed by atoms with E-state index in [-0.39, 0.29) is 11.8 Å². The molecule has 0 bridgehead atoms. The Morgan fingerprint density at radius 3 is 2.62 bits per heavy atom. The molecule has 0 aliphatic rings. The fraction of sp³-hybridized carbons (Fsp3) is 0.417. The van der Waals surface area contributed by atoms with E-state index in [9.17, 15) is 4.79 Å². The lowest BCUT2D eigenvalue weighted by Crippen LogP contribution is -2.41. The second-order valence-electron chi connectivity index (χ2n) is 4.01. The van der Waals surface area contributed by atoms with Crippen LogP contribution in [0.3, 0.4) is 0 Å². The highest BCUT2D eigenvalue weighted by Crippen LogP contribution is 2.29. The minimum absolute atomic E-state index is 0.0431. The van der Waals surface area contributed by atoms with E-state index in [4.69, 9.17) is 16.3 Å². The summed E-state index contributed by atoms with van der Waals surface area (Å²) in [6, 6.07) is 7.59. The monoisotopic (exact) mass is 241 g/mol. The number of benzene rings is 1. The number of alkyl halides is 1. The van der Waals surface area contributed by atoms with Crippen molar-refractivity contribution in [1.29, 1.82) is 0 Å². The van der Waals surface area contributed by atoms with Crippen LogP contribution < -0.4 is 10.1 Å². The van der Waals surface area contributed by atoms with Gasteiger partial charge in [0.15, 0.2) is 0 Å². The van der Waals surface area contributed by atoms with Gasteiger partial charge < -0.3 is 10.1 Å². The zero-order chi connectivity index (χ0) is 12.2. The zero-order valence-corrected chi connectivity index (χ0v) is 10.5. The highest BCUT2D eigenvalue weighted by molar-refractivity contribution is 6.27. The zero-order valence-electron chi connectivity index (χ0n) is 9.71. The molecule has 88 valence electrons. The molecule has 1 aromatic rings. The van der Waals surface area contributed by atoms with E-state index in [1.165, 1.54) is 0 Å². The highest BCUT2D eigenvalue weighted by Gasteiger charge is 2.25. The summed E-state index contributed by atoms with van der Waals surface area (Å²) in [5.41, 5.74) is 0.425. The fourth-order valence-electron chi connectivity index (χ4n) is 1.61. The van der Waals surface area contributed by atoms with Crippen LogP contribution in [0.5, 0.6) is 5.75 Å². The van der Waals surface area contributed by atoms with E-state index in [0.29, 0.717) is 0 Å². The molecule has 0 saturated heterocycles. The van der Waals surface area contributed by atoms with Gasteiger partial charge in [0.1, 0.15) is 11.6 Å². The summed E-state index contributed by atoms with van der Waals surface area (Å²) < 4.78 is 5.26. The lowest BCUT2D eigenvalue weighted by Gasteiger charge is -2.28. The van der Waals surface area contributed by atoms with Crippen molar-refractivity contribution in [2.75, 3.05) is 13.0 Å². The number of carbonyl (C=O) groups is 1. The molecule has 0 unspecified atom stereocenters. The second-order valence-corrected chi connectivity index (χ2v) is 4.27. The number of para-hydroxylation sites is 1. The summed E-state index contributed by atoms with van der Waals surface area (Å²) in [7, 11) is 1.61. The molecule has 0 heterocycles. The van der Waals surface area contributed by atoms with Gasteiger partial charge in [-0.3, -0.25) is 4.79 Å². The van der Waals surface area contributed by atoms with Crippen LogP contribution in [0.2, 0.25) is 0 Å². The topological polar surface area (TPSA) is 38.3 Å². The number of amides is 1. The molecule has 0 aliphatic heterocycles. The SMILES string of the molecule is COc1ccccc1C(C)(C)NC(=O)CCl. The number of nitrogens with one attached hydrogen (secondary N) is 1. The van der Waals surface area contributed by atoms with Crippen molar-refractivity contribution >= 4 is 17.5 Å². The molecule has 0 radical (unpaired) electrons. The average Bonchev–Trinajstić information content (AvgIpc) is 2.28. The molecule has 0 aromatic heterocycles. The third-order valence-electron chi connectivity index (χ3n) is 2.35. The number of carbonyl (C=O) groups excluding carboxylic acids is 1. The summed E-state index contributed by atoms with van der Waals surface area (Å²) >= 11 is 5.48. The Labute approximate surface area is 101 Å². The highest BCUT2D eigenvalue weighted by atomic mass is 35.5. The van der Waals surface area contributed by atoms with Crippen molar-refractivity contribution < 1.29 is 9.53 Å². The lowest BCUT2D eigenvalue weighted by atomic mass is 9.93. The molecule has 0 aliphatic carbocycles. The predicted molar refractivity (Wildman–Crippen MR) is 64.9 cm³/mol. The first-order chi connectivity index (χ1) is 7.51. The van der Waals surface area contributed by atoms with E-state index in [1.54, 1.807) is 7.11 Å². The Hall–Kier alpha value is -1.22. The van der Waals surface area contributed by atoms with Gasteiger partial charge in [-0.25, -0.2) is 0 Å². The summed E-state index contributed by atoms with van der Waals surface area (Å²) in [5, 5.41) is 2.85. The maximum absolute atomic E-state index is 11.3. The quantitative estimate of drug-likeness (QED) is 0.822. The normalized spacial score (nSPS) is 11.0. The third-order valence-corrected chi connectivity index (χ3v) is 2.60. The van der Waals surface area contributed by atoms with E-state index in [0.717, 1.165) is 11.3 Å². The van der Waals surface area contributed by atoms with Gasteiger partial charge in [0.25, 0.3) is 0 Å². The van der Waals surface area contributed by atoms with Crippen molar-refractivity contribution in [2.45, 2.75) is 19.4 Å². The van der Waals surface area contributed by atoms with Gasteiger partial charge in [0, 0.05) is 5.56 Å².